The molecule has 0 saturated carbocycles. The first-order valence-electron chi connectivity index (χ1n) is 13.0. The molecule has 0 unspecified atom stereocenters. The molecule has 1 heterocycles. The molecule has 6 heteroatoms. The molecule has 0 atom stereocenters. The summed E-state index contributed by atoms with van der Waals surface area (Å²) < 4.78 is 0. The van der Waals surface area contributed by atoms with E-state index in [0.29, 0.717) is 37.4 Å². The van der Waals surface area contributed by atoms with Crippen LogP contribution in [0.4, 0.5) is 0 Å². The summed E-state index contributed by atoms with van der Waals surface area (Å²) in [7, 11) is 0. The number of benzene rings is 3. The normalized spacial score (nSPS) is 15.6. The Hall–Kier alpha value is -2.37. The number of likely N-dealkylation sites (tertiary alicyclic amines) is 1. The highest BCUT2D eigenvalue weighted by atomic mass is 35.5. The number of halogens is 2. The van der Waals surface area contributed by atoms with Gasteiger partial charge in [0.05, 0.1) is 5.60 Å². The molecule has 4 rings (SSSR count). The highest BCUT2D eigenvalue weighted by Crippen LogP contribution is 2.39. The predicted octanol–water partition coefficient (Wildman–Crippen LogP) is 6.29. The standard InChI is InChI=1S/C31H37ClN2O2.ClH/c1-3-34(4-2)29(35)31(26-11-7-5-8-12-26,27-13-9-6-10-14-27)21-24-33-22-19-30(36,20-23-33)25-15-17-28(32)18-16-25;/h5-18,36H,3-4,19-24H2,1-2H3;1H. The molecule has 1 aliphatic heterocycles. The van der Waals surface area contributed by atoms with Crippen LogP contribution in [0.1, 0.15) is 49.8 Å². The third-order valence-corrected chi connectivity index (χ3v) is 8.07. The lowest BCUT2D eigenvalue weighted by Gasteiger charge is -2.42. The summed E-state index contributed by atoms with van der Waals surface area (Å²) in [6.07, 6.45) is 1.99. The molecule has 0 radical (unpaired) electrons. The lowest BCUT2D eigenvalue weighted by molar-refractivity contribution is -0.136. The number of carbonyl (C=O) groups is 1. The molecule has 1 aliphatic rings. The van der Waals surface area contributed by atoms with E-state index in [1.807, 2.05) is 79.4 Å². The Morgan fingerprint density at radius 2 is 1.38 bits per heavy atom. The fourth-order valence-corrected chi connectivity index (χ4v) is 5.68. The maximum atomic E-state index is 14.3. The van der Waals surface area contributed by atoms with Gasteiger partial charge in [0.1, 0.15) is 5.41 Å². The maximum absolute atomic E-state index is 14.3. The van der Waals surface area contributed by atoms with Gasteiger partial charge in [-0.05, 0) is 68.5 Å². The largest absolute Gasteiger partial charge is 0.385 e. The molecule has 0 aliphatic carbocycles. The molecular weight excluding hydrogens is 503 g/mol. The third kappa shape index (κ3) is 6.21. The number of likely N-dealkylation sites (N-methyl/N-ethyl adjacent to an activating group) is 1. The number of aliphatic hydroxyl groups is 1. The number of hydrogen-bond donors (Lipinski definition) is 1. The van der Waals surface area contributed by atoms with E-state index in [2.05, 4.69) is 29.2 Å². The monoisotopic (exact) mass is 540 g/mol. The van der Waals surface area contributed by atoms with E-state index in [1.165, 1.54) is 0 Å². The van der Waals surface area contributed by atoms with E-state index in [0.717, 1.165) is 36.3 Å². The van der Waals surface area contributed by atoms with Crippen LogP contribution in [0.15, 0.2) is 84.9 Å². The summed E-state index contributed by atoms with van der Waals surface area (Å²) in [6, 6.07) is 28.0. The number of carbonyl (C=O) groups excluding carboxylic acids is 1. The van der Waals surface area contributed by atoms with Crippen molar-refractivity contribution in [2.75, 3.05) is 32.7 Å². The zero-order valence-corrected chi connectivity index (χ0v) is 23.3. The smallest absolute Gasteiger partial charge is 0.237 e. The van der Waals surface area contributed by atoms with Gasteiger partial charge in [0.25, 0.3) is 0 Å². The van der Waals surface area contributed by atoms with Crippen LogP contribution in [0.25, 0.3) is 0 Å². The first-order chi connectivity index (χ1) is 17.4. The number of nitrogens with zero attached hydrogens (tertiary/aromatic N) is 2. The molecular formula is C31H38Cl2N2O2. The van der Waals surface area contributed by atoms with E-state index >= 15 is 0 Å². The molecule has 0 spiro atoms. The van der Waals surface area contributed by atoms with Gasteiger partial charge in [0.2, 0.25) is 5.91 Å². The first-order valence-corrected chi connectivity index (χ1v) is 13.4. The Labute approximate surface area is 232 Å². The van der Waals surface area contributed by atoms with Gasteiger partial charge in [-0.25, -0.2) is 0 Å². The van der Waals surface area contributed by atoms with E-state index < -0.39 is 11.0 Å². The Kier molecular flexibility index (Phi) is 10.2. The Balaban J connectivity index is 0.00000380. The van der Waals surface area contributed by atoms with E-state index in [9.17, 15) is 9.90 Å². The average Bonchev–Trinajstić information content (AvgIpc) is 2.92. The summed E-state index contributed by atoms with van der Waals surface area (Å²) in [5, 5.41) is 12.0. The highest BCUT2D eigenvalue weighted by molar-refractivity contribution is 6.30. The Morgan fingerprint density at radius 3 is 1.84 bits per heavy atom. The molecule has 37 heavy (non-hydrogen) atoms. The summed E-state index contributed by atoms with van der Waals surface area (Å²) in [5.41, 5.74) is 1.38. The molecule has 1 fully saturated rings. The van der Waals surface area contributed by atoms with Crippen molar-refractivity contribution < 1.29 is 9.90 Å². The molecule has 1 amide bonds. The van der Waals surface area contributed by atoms with Gasteiger partial charge >= 0.3 is 0 Å². The van der Waals surface area contributed by atoms with Gasteiger partial charge in [-0.2, -0.15) is 0 Å². The maximum Gasteiger partial charge on any atom is 0.237 e. The van der Waals surface area contributed by atoms with Crippen LogP contribution in [0.3, 0.4) is 0 Å². The van der Waals surface area contributed by atoms with Crippen molar-refractivity contribution in [1.29, 1.82) is 0 Å². The lowest BCUT2D eigenvalue weighted by Crippen LogP contribution is -2.50. The topological polar surface area (TPSA) is 43.8 Å². The van der Waals surface area contributed by atoms with Crippen molar-refractivity contribution in [3.63, 3.8) is 0 Å². The minimum atomic E-state index is -0.839. The minimum absolute atomic E-state index is 0. The zero-order valence-electron chi connectivity index (χ0n) is 21.8. The second-order valence-corrected chi connectivity index (χ2v) is 10.2. The predicted molar refractivity (Wildman–Crippen MR) is 154 cm³/mol. The van der Waals surface area contributed by atoms with Gasteiger partial charge < -0.3 is 14.9 Å². The first kappa shape index (κ1) is 29.2. The van der Waals surface area contributed by atoms with Gasteiger partial charge in [0.15, 0.2) is 0 Å². The van der Waals surface area contributed by atoms with Gasteiger partial charge in [-0.15, -0.1) is 12.4 Å². The van der Waals surface area contributed by atoms with Crippen molar-refractivity contribution >= 4 is 29.9 Å². The highest BCUT2D eigenvalue weighted by Gasteiger charge is 2.44. The van der Waals surface area contributed by atoms with E-state index in [-0.39, 0.29) is 18.3 Å². The SMILES string of the molecule is CCN(CC)C(=O)C(CCN1CCC(O)(c2ccc(Cl)cc2)CC1)(c1ccccc1)c1ccccc1.Cl. The lowest BCUT2D eigenvalue weighted by atomic mass is 9.70. The number of piperidine rings is 1. The van der Waals surface area contributed by atoms with Crippen molar-refractivity contribution in [1.82, 2.24) is 9.80 Å². The molecule has 1 saturated heterocycles. The fraction of sp³-hybridized carbons (Fsp3) is 0.387. The summed E-state index contributed by atoms with van der Waals surface area (Å²) in [5.74, 6) is 0.152. The molecule has 3 aromatic rings. The van der Waals surface area contributed by atoms with Crippen LogP contribution in [0.2, 0.25) is 5.02 Å². The van der Waals surface area contributed by atoms with Crippen molar-refractivity contribution in [3.05, 3.63) is 107 Å². The van der Waals surface area contributed by atoms with Crippen LogP contribution in [0.5, 0.6) is 0 Å². The average molecular weight is 542 g/mol. The number of rotatable bonds is 9. The molecule has 0 bridgehead atoms. The third-order valence-electron chi connectivity index (χ3n) is 7.82. The second-order valence-electron chi connectivity index (χ2n) is 9.74. The molecule has 0 aromatic heterocycles. The van der Waals surface area contributed by atoms with Crippen LogP contribution < -0.4 is 0 Å². The molecule has 1 N–H and O–H groups in total. The minimum Gasteiger partial charge on any atom is -0.385 e. The van der Waals surface area contributed by atoms with E-state index in [4.69, 9.17) is 11.6 Å². The quantitative estimate of drug-likeness (QED) is 0.346. The van der Waals surface area contributed by atoms with Gasteiger partial charge in [-0.1, -0.05) is 84.4 Å². The van der Waals surface area contributed by atoms with Crippen molar-refractivity contribution in [3.8, 4) is 0 Å². The molecule has 3 aromatic carbocycles. The van der Waals surface area contributed by atoms with Gasteiger partial charge in [0, 0.05) is 31.2 Å². The van der Waals surface area contributed by atoms with Gasteiger partial charge in [-0.3, -0.25) is 4.79 Å². The van der Waals surface area contributed by atoms with Crippen molar-refractivity contribution in [2.45, 2.75) is 44.1 Å². The molecule has 4 nitrogen and oxygen atoms in total. The van der Waals surface area contributed by atoms with Crippen molar-refractivity contribution in [2.24, 2.45) is 0 Å². The van der Waals surface area contributed by atoms with E-state index in [1.54, 1.807) is 0 Å². The number of amides is 1. The summed E-state index contributed by atoms with van der Waals surface area (Å²) in [6.45, 7) is 7.77. The molecule has 198 valence electrons. The number of hydrogen-bond acceptors (Lipinski definition) is 3. The van der Waals surface area contributed by atoms with Crippen LogP contribution in [0, 0.1) is 0 Å². The van der Waals surface area contributed by atoms with Crippen LogP contribution in [-0.2, 0) is 15.8 Å². The van der Waals surface area contributed by atoms with Crippen LogP contribution >= 0.6 is 24.0 Å². The fourth-order valence-electron chi connectivity index (χ4n) is 5.56. The zero-order chi connectivity index (χ0) is 25.6. The Bertz CT molecular complexity index is 1070. The summed E-state index contributed by atoms with van der Waals surface area (Å²) in [4.78, 5) is 18.6. The summed E-state index contributed by atoms with van der Waals surface area (Å²) >= 11 is 6.05. The van der Waals surface area contributed by atoms with Crippen LogP contribution in [-0.4, -0.2) is 53.5 Å². The second kappa shape index (κ2) is 12.9. The Morgan fingerprint density at radius 1 is 0.892 bits per heavy atom.